The van der Waals surface area contributed by atoms with Crippen LogP contribution in [0.4, 0.5) is 4.39 Å². The van der Waals surface area contributed by atoms with Crippen molar-refractivity contribution in [1.82, 2.24) is 4.90 Å². The van der Waals surface area contributed by atoms with Crippen molar-refractivity contribution >= 4 is 17.2 Å². The standard InChI is InChI=1S/C15H21FN2S/c1-10-4-3-7-18(11(10)2)9-13-6-5-12(15(17)19)8-14(13)16/h5-6,8,10-11H,3-4,7,9H2,1-2H3,(H2,17,19). The summed E-state index contributed by atoms with van der Waals surface area (Å²) in [6.45, 7) is 6.20. The molecule has 1 saturated heterocycles. The highest BCUT2D eigenvalue weighted by atomic mass is 32.1. The van der Waals surface area contributed by atoms with Crippen molar-refractivity contribution in [3.63, 3.8) is 0 Å². The van der Waals surface area contributed by atoms with E-state index >= 15 is 0 Å². The number of thiocarbonyl (C=S) groups is 1. The average molecular weight is 280 g/mol. The average Bonchev–Trinajstić information content (AvgIpc) is 2.37. The Hall–Kier alpha value is -1.00. The Balaban J connectivity index is 2.12. The van der Waals surface area contributed by atoms with Crippen LogP contribution >= 0.6 is 12.2 Å². The predicted molar refractivity (Wildman–Crippen MR) is 80.6 cm³/mol. The summed E-state index contributed by atoms with van der Waals surface area (Å²) in [7, 11) is 0. The molecular weight excluding hydrogens is 259 g/mol. The van der Waals surface area contributed by atoms with E-state index in [9.17, 15) is 4.39 Å². The largest absolute Gasteiger partial charge is 0.389 e. The van der Waals surface area contributed by atoms with Crippen LogP contribution in [0.15, 0.2) is 18.2 Å². The quantitative estimate of drug-likeness (QED) is 0.863. The Morgan fingerprint density at radius 1 is 1.47 bits per heavy atom. The number of halogens is 1. The van der Waals surface area contributed by atoms with Gasteiger partial charge in [0, 0.05) is 23.7 Å². The Kier molecular flexibility index (Phi) is 4.53. The van der Waals surface area contributed by atoms with Gasteiger partial charge in [0.2, 0.25) is 0 Å². The molecule has 1 aliphatic rings. The van der Waals surface area contributed by atoms with Gasteiger partial charge < -0.3 is 5.73 Å². The fraction of sp³-hybridized carbons (Fsp3) is 0.533. The summed E-state index contributed by atoms with van der Waals surface area (Å²) in [5, 5.41) is 0. The molecule has 4 heteroatoms. The van der Waals surface area contributed by atoms with Gasteiger partial charge >= 0.3 is 0 Å². The highest BCUT2D eigenvalue weighted by molar-refractivity contribution is 7.80. The minimum Gasteiger partial charge on any atom is -0.389 e. The summed E-state index contributed by atoms with van der Waals surface area (Å²) >= 11 is 4.86. The molecule has 0 amide bonds. The van der Waals surface area contributed by atoms with Gasteiger partial charge in [-0.3, -0.25) is 4.90 Å². The van der Waals surface area contributed by atoms with Crippen LogP contribution in [0.2, 0.25) is 0 Å². The van der Waals surface area contributed by atoms with Gasteiger partial charge in [0.1, 0.15) is 10.8 Å². The predicted octanol–water partition coefficient (Wildman–Crippen LogP) is 3.08. The minimum absolute atomic E-state index is 0.212. The van der Waals surface area contributed by atoms with Gasteiger partial charge in [0.05, 0.1) is 0 Å². The molecule has 1 heterocycles. The van der Waals surface area contributed by atoms with Gasteiger partial charge in [-0.1, -0.05) is 31.3 Å². The van der Waals surface area contributed by atoms with Crippen molar-refractivity contribution < 1.29 is 4.39 Å². The number of rotatable bonds is 3. The van der Waals surface area contributed by atoms with Gasteiger partial charge in [-0.15, -0.1) is 0 Å². The van der Waals surface area contributed by atoms with Crippen molar-refractivity contribution in [3.05, 3.63) is 35.1 Å². The van der Waals surface area contributed by atoms with Crippen LogP contribution in [-0.4, -0.2) is 22.5 Å². The van der Waals surface area contributed by atoms with E-state index in [1.165, 1.54) is 18.9 Å². The molecule has 0 aliphatic carbocycles. The lowest BCUT2D eigenvalue weighted by molar-refractivity contribution is 0.105. The smallest absolute Gasteiger partial charge is 0.128 e. The summed E-state index contributed by atoms with van der Waals surface area (Å²) in [6.07, 6.45) is 2.46. The Bertz CT molecular complexity index is 475. The topological polar surface area (TPSA) is 29.3 Å². The zero-order chi connectivity index (χ0) is 14.0. The second-order valence-electron chi connectivity index (χ2n) is 5.50. The zero-order valence-corrected chi connectivity index (χ0v) is 12.3. The van der Waals surface area contributed by atoms with E-state index in [2.05, 4.69) is 18.7 Å². The van der Waals surface area contributed by atoms with E-state index in [1.54, 1.807) is 12.1 Å². The van der Waals surface area contributed by atoms with Gasteiger partial charge in [0.25, 0.3) is 0 Å². The lowest BCUT2D eigenvalue weighted by Gasteiger charge is -2.38. The first-order chi connectivity index (χ1) is 8.99. The van der Waals surface area contributed by atoms with E-state index in [4.69, 9.17) is 18.0 Å². The molecule has 2 unspecified atom stereocenters. The normalized spacial score (nSPS) is 24.4. The lowest BCUT2D eigenvalue weighted by atomic mass is 9.91. The van der Waals surface area contributed by atoms with E-state index < -0.39 is 0 Å². The molecule has 0 saturated carbocycles. The molecule has 19 heavy (non-hydrogen) atoms. The first kappa shape index (κ1) is 14.4. The van der Waals surface area contributed by atoms with Crippen molar-refractivity contribution in [3.8, 4) is 0 Å². The molecule has 0 aromatic heterocycles. The highest BCUT2D eigenvalue weighted by Crippen LogP contribution is 2.25. The lowest BCUT2D eigenvalue weighted by Crippen LogP contribution is -2.41. The Morgan fingerprint density at radius 2 is 2.21 bits per heavy atom. The van der Waals surface area contributed by atoms with Crippen LogP contribution in [0, 0.1) is 11.7 Å². The van der Waals surface area contributed by atoms with Gasteiger partial charge in [-0.25, -0.2) is 4.39 Å². The minimum atomic E-state index is -0.212. The number of nitrogens with two attached hydrogens (primary N) is 1. The number of benzene rings is 1. The molecule has 0 bridgehead atoms. The molecule has 0 radical (unpaired) electrons. The second kappa shape index (κ2) is 5.97. The fourth-order valence-electron chi connectivity index (χ4n) is 2.69. The molecule has 0 spiro atoms. The molecule has 2 atom stereocenters. The summed E-state index contributed by atoms with van der Waals surface area (Å²) in [5.74, 6) is 0.462. The van der Waals surface area contributed by atoms with Crippen LogP contribution in [-0.2, 0) is 6.54 Å². The molecule has 1 aromatic carbocycles. The molecule has 1 aliphatic heterocycles. The highest BCUT2D eigenvalue weighted by Gasteiger charge is 2.25. The van der Waals surface area contributed by atoms with E-state index in [0.717, 1.165) is 12.1 Å². The Morgan fingerprint density at radius 3 is 2.84 bits per heavy atom. The molecule has 2 N–H and O–H groups in total. The van der Waals surface area contributed by atoms with Crippen molar-refractivity contribution in [1.29, 1.82) is 0 Å². The maximum absolute atomic E-state index is 14.0. The Labute approximate surface area is 119 Å². The number of hydrogen-bond acceptors (Lipinski definition) is 2. The number of hydrogen-bond donors (Lipinski definition) is 1. The van der Waals surface area contributed by atoms with Crippen LogP contribution in [0.1, 0.15) is 37.8 Å². The van der Waals surface area contributed by atoms with Crippen LogP contribution in [0.5, 0.6) is 0 Å². The summed E-state index contributed by atoms with van der Waals surface area (Å²) in [4.78, 5) is 2.60. The van der Waals surface area contributed by atoms with Gasteiger partial charge in [0.15, 0.2) is 0 Å². The van der Waals surface area contributed by atoms with Crippen molar-refractivity contribution in [2.45, 2.75) is 39.3 Å². The van der Waals surface area contributed by atoms with E-state index in [0.29, 0.717) is 24.1 Å². The van der Waals surface area contributed by atoms with Crippen LogP contribution < -0.4 is 5.73 Å². The maximum Gasteiger partial charge on any atom is 0.128 e. The molecule has 1 fully saturated rings. The van der Waals surface area contributed by atoms with Crippen LogP contribution in [0.25, 0.3) is 0 Å². The number of piperidine rings is 1. The van der Waals surface area contributed by atoms with Crippen molar-refractivity contribution in [2.75, 3.05) is 6.54 Å². The van der Waals surface area contributed by atoms with Gasteiger partial charge in [-0.2, -0.15) is 0 Å². The molecule has 1 aromatic rings. The monoisotopic (exact) mass is 280 g/mol. The third kappa shape index (κ3) is 3.31. The summed E-state index contributed by atoms with van der Waals surface area (Å²) < 4.78 is 14.0. The first-order valence-electron chi connectivity index (χ1n) is 6.81. The second-order valence-corrected chi connectivity index (χ2v) is 5.94. The first-order valence-corrected chi connectivity index (χ1v) is 7.22. The third-order valence-electron chi connectivity index (χ3n) is 4.22. The molecule has 2 rings (SSSR count). The van der Waals surface area contributed by atoms with E-state index in [-0.39, 0.29) is 10.8 Å². The number of nitrogens with zero attached hydrogens (tertiary/aromatic N) is 1. The summed E-state index contributed by atoms with van der Waals surface area (Å²) in [6, 6.07) is 5.55. The van der Waals surface area contributed by atoms with Crippen LogP contribution in [0.3, 0.4) is 0 Å². The fourth-order valence-corrected chi connectivity index (χ4v) is 2.82. The molecule has 2 nitrogen and oxygen atoms in total. The third-order valence-corrected chi connectivity index (χ3v) is 4.45. The van der Waals surface area contributed by atoms with Crippen molar-refractivity contribution in [2.24, 2.45) is 11.7 Å². The zero-order valence-electron chi connectivity index (χ0n) is 11.5. The molecule has 104 valence electrons. The maximum atomic E-state index is 14.0. The summed E-state index contributed by atoms with van der Waals surface area (Å²) in [5.41, 5.74) is 6.83. The SMILES string of the molecule is CC1CCCN(Cc2ccc(C(N)=S)cc2F)C1C. The van der Waals surface area contributed by atoms with E-state index in [1.807, 2.05) is 0 Å². The van der Waals surface area contributed by atoms with Gasteiger partial charge in [-0.05, 0) is 38.3 Å². The molecular formula is C15H21FN2S. The number of likely N-dealkylation sites (tertiary alicyclic amines) is 1.